The largest absolute Gasteiger partial charge is 0.298 e. The smallest absolute Gasteiger partial charge is 0.153 e. The van der Waals surface area contributed by atoms with Crippen molar-refractivity contribution in [2.24, 2.45) is 0 Å². The van der Waals surface area contributed by atoms with Gasteiger partial charge >= 0.3 is 0 Å². The number of nitrogens with zero attached hydrogens (tertiary/aromatic N) is 2. The van der Waals surface area contributed by atoms with E-state index in [1.54, 1.807) is 23.0 Å². The molecular weight excluding hydrogens is 319 g/mol. The van der Waals surface area contributed by atoms with Gasteiger partial charge in [-0.2, -0.15) is 5.10 Å². The lowest BCUT2D eigenvalue weighted by Crippen LogP contribution is -2.01. The Bertz CT molecular complexity index is 813. The van der Waals surface area contributed by atoms with Crippen molar-refractivity contribution in [3.05, 3.63) is 75.9 Å². The van der Waals surface area contributed by atoms with E-state index in [4.69, 9.17) is 23.2 Å². The number of aldehydes is 1. The molecule has 22 heavy (non-hydrogen) atoms. The summed E-state index contributed by atoms with van der Waals surface area (Å²) in [6.07, 6.45) is 2.54. The Balaban J connectivity index is 1.96. The third-order valence-electron chi connectivity index (χ3n) is 3.31. The zero-order chi connectivity index (χ0) is 15.5. The van der Waals surface area contributed by atoms with Crippen molar-refractivity contribution in [3.63, 3.8) is 0 Å². The molecule has 1 heterocycles. The van der Waals surface area contributed by atoms with Gasteiger partial charge in [-0.1, -0.05) is 59.6 Å². The molecule has 0 saturated carbocycles. The van der Waals surface area contributed by atoms with Crippen molar-refractivity contribution in [2.75, 3.05) is 0 Å². The summed E-state index contributed by atoms with van der Waals surface area (Å²) < 4.78 is 1.71. The Morgan fingerprint density at radius 2 is 1.86 bits per heavy atom. The normalized spacial score (nSPS) is 10.6. The lowest BCUT2D eigenvalue weighted by Gasteiger charge is -2.05. The van der Waals surface area contributed by atoms with Gasteiger partial charge < -0.3 is 0 Å². The predicted molar refractivity (Wildman–Crippen MR) is 88.6 cm³/mol. The summed E-state index contributed by atoms with van der Waals surface area (Å²) in [5, 5.41) is 5.67. The molecule has 3 nitrogen and oxygen atoms in total. The minimum absolute atomic E-state index is 0.476. The number of hydrogen-bond donors (Lipinski definition) is 0. The fraction of sp³-hybridized carbons (Fsp3) is 0.0588. The highest BCUT2D eigenvalue weighted by Crippen LogP contribution is 2.24. The quantitative estimate of drug-likeness (QED) is 0.649. The Hall–Kier alpha value is -2.10. The van der Waals surface area contributed by atoms with Crippen molar-refractivity contribution in [2.45, 2.75) is 6.54 Å². The summed E-state index contributed by atoms with van der Waals surface area (Å²) in [5.41, 5.74) is 3.02. The fourth-order valence-corrected chi connectivity index (χ4v) is 2.72. The van der Waals surface area contributed by atoms with Crippen LogP contribution < -0.4 is 0 Å². The van der Waals surface area contributed by atoms with Gasteiger partial charge in [0.1, 0.15) is 5.69 Å². The minimum Gasteiger partial charge on any atom is -0.298 e. The highest BCUT2D eigenvalue weighted by molar-refractivity contribution is 6.35. The van der Waals surface area contributed by atoms with Crippen molar-refractivity contribution < 1.29 is 4.79 Å². The van der Waals surface area contributed by atoms with E-state index in [9.17, 15) is 4.79 Å². The first-order chi connectivity index (χ1) is 10.7. The van der Waals surface area contributed by atoms with Crippen LogP contribution in [0.2, 0.25) is 10.0 Å². The molecule has 0 amide bonds. The predicted octanol–water partition coefficient (Wildman–Crippen LogP) is 4.72. The van der Waals surface area contributed by atoms with E-state index < -0.39 is 0 Å². The summed E-state index contributed by atoms with van der Waals surface area (Å²) in [7, 11) is 0. The van der Waals surface area contributed by atoms with E-state index in [1.807, 2.05) is 36.4 Å². The van der Waals surface area contributed by atoms with E-state index >= 15 is 0 Å². The third kappa shape index (κ3) is 3.06. The van der Waals surface area contributed by atoms with Gasteiger partial charge in [0.05, 0.1) is 12.1 Å². The van der Waals surface area contributed by atoms with Crippen LogP contribution in [0.3, 0.4) is 0 Å². The second kappa shape index (κ2) is 6.34. The molecule has 0 spiro atoms. The molecule has 0 fully saturated rings. The minimum atomic E-state index is 0.476. The van der Waals surface area contributed by atoms with Crippen LogP contribution in [0.15, 0.2) is 54.7 Å². The van der Waals surface area contributed by atoms with E-state index in [0.717, 1.165) is 17.4 Å². The Morgan fingerprint density at radius 1 is 1.09 bits per heavy atom. The van der Waals surface area contributed by atoms with Crippen LogP contribution in [0.1, 0.15) is 15.9 Å². The van der Waals surface area contributed by atoms with Crippen LogP contribution in [0, 0.1) is 0 Å². The second-order valence-electron chi connectivity index (χ2n) is 4.85. The molecule has 0 unspecified atom stereocenters. The number of halogens is 2. The van der Waals surface area contributed by atoms with Crippen LogP contribution in [-0.2, 0) is 6.54 Å². The number of carbonyl (C=O) groups excluding carboxylic acids is 1. The molecule has 0 aliphatic carbocycles. The van der Waals surface area contributed by atoms with E-state index in [-0.39, 0.29) is 0 Å². The van der Waals surface area contributed by atoms with Crippen LogP contribution in [0.4, 0.5) is 0 Å². The van der Waals surface area contributed by atoms with Crippen molar-refractivity contribution in [3.8, 4) is 11.3 Å². The molecule has 1 aromatic heterocycles. The van der Waals surface area contributed by atoms with Gasteiger partial charge in [0.15, 0.2) is 6.29 Å². The van der Waals surface area contributed by atoms with E-state index in [0.29, 0.717) is 27.8 Å². The van der Waals surface area contributed by atoms with Crippen molar-refractivity contribution >= 4 is 29.5 Å². The molecule has 0 atom stereocenters. The topological polar surface area (TPSA) is 34.9 Å². The van der Waals surface area contributed by atoms with Gasteiger partial charge in [-0.15, -0.1) is 0 Å². The van der Waals surface area contributed by atoms with Crippen LogP contribution >= 0.6 is 23.2 Å². The van der Waals surface area contributed by atoms with Crippen molar-refractivity contribution in [1.29, 1.82) is 0 Å². The summed E-state index contributed by atoms with van der Waals surface area (Å²) in [6, 6.07) is 14.9. The molecule has 0 saturated heterocycles. The SMILES string of the molecule is O=Cc1cn(Cc2ccc(Cl)cc2Cl)nc1-c1ccccc1. The van der Waals surface area contributed by atoms with Crippen LogP contribution in [0.25, 0.3) is 11.3 Å². The maximum absolute atomic E-state index is 11.3. The van der Waals surface area contributed by atoms with Gasteiger partial charge in [-0.3, -0.25) is 9.48 Å². The van der Waals surface area contributed by atoms with Gasteiger partial charge in [0.25, 0.3) is 0 Å². The first-order valence-corrected chi connectivity index (χ1v) is 7.45. The Kier molecular flexibility index (Phi) is 4.27. The third-order valence-corrected chi connectivity index (χ3v) is 3.90. The average Bonchev–Trinajstić information content (AvgIpc) is 2.94. The number of benzene rings is 2. The molecule has 3 aromatic rings. The summed E-state index contributed by atoms with van der Waals surface area (Å²) >= 11 is 12.1. The average molecular weight is 331 g/mol. The van der Waals surface area contributed by atoms with E-state index in [1.165, 1.54) is 0 Å². The van der Waals surface area contributed by atoms with Crippen LogP contribution in [-0.4, -0.2) is 16.1 Å². The molecule has 0 radical (unpaired) electrons. The zero-order valence-electron chi connectivity index (χ0n) is 11.5. The molecule has 0 N–H and O–H groups in total. The standard InChI is InChI=1S/C17H12Cl2N2O/c18-15-7-6-13(16(19)8-15)9-21-10-14(11-22)17(20-21)12-4-2-1-3-5-12/h1-8,10-11H,9H2. The Labute approximate surface area is 138 Å². The molecule has 0 bridgehead atoms. The molecule has 0 aliphatic rings. The lowest BCUT2D eigenvalue weighted by atomic mass is 10.1. The maximum atomic E-state index is 11.3. The number of rotatable bonds is 4. The monoisotopic (exact) mass is 330 g/mol. The Morgan fingerprint density at radius 3 is 2.55 bits per heavy atom. The number of aromatic nitrogens is 2. The number of hydrogen-bond acceptors (Lipinski definition) is 2. The summed E-state index contributed by atoms with van der Waals surface area (Å²) in [4.78, 5) is 11.3. The van der Waals surface area contributed by atoms with Gasteiger partial charge in [0, 0.05) is 21.8 Å². The molecule has 2 aromatic carbocycles. The first kappa shape index (κ1) is 14.8. The first-order valence-electron chi connectivity index (χ1n) is 6.69. The fourth-order valence-electron chi connectivity index (χ4n) is 2.25. The molecule has 3 rings (SSSR count). The highest BCUT2D eigenvalue weighted by atomic mass is 35.5. The van der Waals surface area contributed by atoms with Crippen molar-refractivity contribution in [1.82, 2.24) is 9.78 Å². The van der Waals surface area contributed by atoms with Gasteiger partial charge in [-0.05, 0) is 17.7 Å². The molecule has 5 heteroatoms. The molecule has 0 aliphatic heterocycles. The zero-order valence-corrected chi connectivity index (χ0v) is 13.1. The maximum Gasteiger partial charge on any atom is 0.153 e. The molecular formula is C17H12Cl2N2O. The summed E-state index contributed by atoms with van der Waals surface area (Å²) in [6.45, 7) is 0.476. The molecule has 110 valence electrons. The van der Waals surface area contributed by atoms with Gasteiger partial charge in [-0.25, -0.2) is 0 Å². The number of carbonyl (C=O) groups is 1. The second-order valence-corrected chi connectivity index (χ2v) is 5.69. The van der Waals surface area contributed by atoms with E-state index in [2.05, 4.69) is 5.10 Å². The van der Waals surface area contributed by atoms with Crippen LogP contribution in [0.5, 0.6) is 0 Å². The lowest BCUT2D eigenvalue weighted by molar-refractivity contribution is 0.112. The van der Waals surface area contributed by atoms with Gasteiger partial charge in [0.2, 0.25) is 0 Å². The highest BCUT2D eigenvalue weighted by Gasteiger charge is 2.11. The summed E-state index contributed by atoms with van der Waals surface area (Å²) in [5.74, 6) is 0.